The Kier molecular flexibility index (Phi) is 12.4. The van der Waals surface area contributed by atoms with Crippen molar-refractivity contribution >= 4 is 24.0 Å². The number of methoxy groups -OCH3 is 1. The number of hydrogen-bond donors (Lipinski definition) is 1. The molecule has 1 fully saturated rings. The number of hydrogen-bond acceptors (Lipinski definition) is 8. The average Bonchev–Trinajstić information content (AvgIpc) is 2.88. The predicted octanol–water partition coefficient (Wildman–Crippen LogP) is 3.18. The van der Waals surface area contributed by atoms with Crippen molar-refractivity contribution < 1.29 is 19.0 Å². The van der Waals surface area contributed by atoms with Gasteiger partial charge in [0.2, 0.25) is 12.3 Å². The molecule has 1 aromatic heterocycles. The molecule has 2 heterocycles. The van der Waals surface area contributed by atoms with Crippen molar-refractivity contribution in [1.82, 2.24) is 9.88 Å². The van der Waals surface area contributed by atoms with Gasteiger partial charge in [-0.3, -0.25) is 10.2 Å². The van der Waals surface area contributed by atoms with Gasteiger partial charge in [0.25, 0.3) is 0 Å². The van der Waals surface area contributed by atoms with Crippen molar-refractivity contribution in [2.45, 2.75) is 20.8 Å². The number of amides is 1. The average molecular weight is 472 g/mol. The first-order valence-corrected chi connectivity index (χ1v) is 11.7. The highest BCUT2D eigenvalue weighted by Gasteiger charge is 2.14. The normalized spacial score (nSPS) is 13.2. The fraction of sp³-hybridized carbons (Fsp3) is 0.480. The van der Waals surface area contributed by atoms with Crippen LogP contribution in [0.3, 0.4) is 0 Å². The Morgan fingerprint density at radius 2 is 1.94 bits per heavy atom. The third-order valence-corrected chi connectivity index (χ3v) is 4.95. The molecule has 0 saturated carbocycles. The highest BCUT2D eigenvalue weighted by atomic mass is 16.5. The highest BCUT2D eigenvalue weighted by molar-refractivity contribution is 5.80. The van der Waals surface area contributed by atoms with Gasteiger partial charge in [-0.15, -0.1) is 0 Å². The molecule has 0 radical (unpaired) electrons. The van der Waals surface area contributed by atoms with Crippen molar-refractivity contribution in [3.63, 3.8) is 0 Å². The number of nitrogens with zero attached hydrogens (tertiary/aromatic N) is 4. The Morgan fingerprint density at radius 1 is 1.18 bits per heavy atom. The van der Waals surface area contributed by atoms with E-state index in [1.807, 2.05) is 57.2 Å². The molecule has 3 rings (SSSR count). The summed E-state index contributed by atoms with van der Waals surface area (Å²) >= 11 is 0. The molecule has 1 aromatic carbocycles. The van der Waals surface area contributed by atoms with E-state index < -0.39 is 0 Å². The topological polar surface area (TPSA) is 88.5 Å². The number of aromatic nitrogens is 1. The smallest absolute Gasteiger partial charge is 0.215 e. The number of anilines is 2. The summed E-state index contributed by atoms with van der Waals surface area (Å²) in [4.78, 5) is 19.6. The molecule has 1 saturated heterocycles. The molecule has 0 bridgehead atoms. The molecule has 1 N–H and O–H groups in total. The van der Waals surface area contributed by atoms with Crippen LogP contribution in [0.4, 0.5) is 11.4 Å². The van der Waals surface area contributed by atoms with E-state index >= 15 is 0 Å². The number of hydrazone groups is 1. The minimum atomic E-state index is 0.333. The van der Waals surface area contributed by atoms with Crippen LogP contribution in [0.1, 0.15) is 25.1 Å². The summed E-state index contributed by atoms with van der Waals surface area (Å²) in [7, 11) is 1.61. The van der Waals surface area contributed by atoms with Crippen molar-refractivity contribution in [3.8, 4) is 5.88 Å². The van der Waals surface area contributed by atoms with Gasteiger partial charge in [-0.1, -0.05) is 26.0 Å². The first-order chi connectivity index (χ1) is 16.7. The maximum atomic E-state index is 11.2. The minimum Gasteiger partial charge on any atom is -0.476 e. The van der Waals surface area contributed by atoms with Gasteiger partial charge >= 0.3 is 0 Å². The van der Waals surface area contributed by atoms with Gasteiger partial charge in [-0.2, -0.15) is 5.10 Å². The number of pyridine rings is 1. The first kappa shape index (κ1) is 27.1. The second-order valence-corrected chi connectivity index (χ2v) is 7.41. The van der Waals surface area contributed by atoms with Crippen LogP contribution in [0.2, 0.25) is 0 Å². The van der Waals surface area contributed by atoms with Crippen molar-refractivity contribution in [3.05, 3.63) is 47.7 Å². The van der Waals surface area contributed by atoms with Crippen molar-refractivity contribution in [1.29, 1.82) is 0 Å². The summed E-state index contributed by atoms with van der Waals surface area (Å²) in [6.07, 6.45) is 2.48. The molecule has 9 heteroatoms. The van der Waals surface area contributed by atoms with E-state index in [0.29, 0.717) is 51.1 Å². The quantitative estimate of drug-likeness (QED) is 0.289. The third-order valence-electron chi connectivity index (χ3n) is 4.95. The summed E-state index contributed by atoms with van der Waals surface area (Å²) in [5, 5.41) is 4.33. The zero-order valence-electron chi connectivity index (χ0n) is 20.7. The number of rotatable bonds is 12. The number of morpholine rings is 1. The molecule has 9 nitrogen and oxygen atoms in total. The lowest BCUT2D eigenvalue weighted by molar-refractivity contribution is -0.119. The van der Waals surface area contributed by atoms with Crippen LogP contribution in [-0.4, -0.2) is 82.2 Å². The fourth-order valence-electron chi connectivity index (χ4n) is 3.24. The molecular formula is C25H37N5O4. The minimum absolute atomic E-state index is 0.333. The van der Waals surface area contributed by atoms with Crippen molar-refractivity contribution in [2.24, 2.45) is 5.10 Å². The maximum Gasteiger partial charge on any atom is 0.215 e. The molecule has 1 aliphatic rings. The van der Waals surface area contributed by atoms with Crippen LogP contribution in [-0.2, 0) is 14.3 Å². The second-order valence-electron chi connectivity index (χ2n) is 7.41. The van der Waals surface area contributed by atoms with E-state index in [2.05, 4.69) is 20.4 Å². The summed E-state index contributed by atoms with van der Waals surface area (Å²) in [5.74, 6) is 0.489. The molecular weight excluding hydrogens is 434 g/mol. The lowest BCUT2D eigenvalue weighted by Crippen LogP contribution is -2.36. The van der Waals surface area contributed by atoms with E-state index in [1.54, 1.807) is 18.2 Å². The maximum absolute atomic E-state index is 11.2. The Balaban J connectivity index is 0.00000199. The molecule has 186 valence electrons. The van der Waals surface area contributed by atoms with Crippen LogP contribution in [0.15, 0.2) is 41.5 Å². The number of carbonyl (C=O) groups is 1. The Bertz CT molecular complexity index is 887. The first-order valence-electron chi connectivity index (χ1n) is 11.7. The van der Waals surface area contributed by atoms with E-state index in [1.165, 1.54) is 0 Å². The molecule has 0 aliphatic carbocycles. The molecule has 0 unspecified atom stereocenters. The molecule has 1 amide bonds. The molecule has 0 atom stereocenters. The standard InChI is InChI=1S/C23H31N5O4.C2H6/c1-19-4-3-5-20(14-19)26-24-17-21-15-22(28-8-11-31-12-9-28)16-23(25-21)32-13-7-27(18-29)6-10-30-2;1-2/h3-5,14-18,26H,6-13H2,1-2H3;1-2H3/b24-17+;. The Labute approximate surface area is 202 Å². The van der Waals surface area contributed by atoms with Crippen LogP contribution in [0.25, 0.3) is 0 Å². The largest absolute Gasteiger partial charge is 0.476 e. The monoisotopic (exact) mass is 471 g/mol. The van der Waals surface area contributed by atoms with Gasteiger partial charge in [-0.25, -0.2) is 4.98 Å². The summed E-state index contributed by atoms with van der Waals surface area (Å²) in [5.41, 5.74) is 6.78. The summed E-state index contributed by atoms with van der Waals surface area (Å²) in [6.45, 7) is 10.8. The SMILES string of the molecule is CC.COCCN(C=O)CCOc1cc(N2CCOCC2)cc(/C=N/Nc2cccc(C)c2)n1. The number of carbonyl (C=O) groups excluding carboxylic acids is 1. The van der Waals surface area contributed by atoms with Crippen LogP contribution in [0.5, 0.6) is 5.88 Å². The van der Waals surface area contributed by atoms with E-state index in [0.717, 1.165) is 36.4 Å². The lowest BCUT2D eigenvalue weighted by Gasteiger charge is -2.29. The van der Waals surface area contributed by atoms with Gasteiger partial charge in [0.15, 0.2) is 0 Å². The van der Waals surface area contributed by atoms with Crippen LogP contribution in [0, 0.1) is 6.92 Å². The zero-order chi connectivity index (χ0) is 24.6. The van der Waals surface area contributed by atoms with Crippen LogP contribution < -0.4 is 15.1 Å². The predicted molar refractivity (Wildman–Crippen MR) is 136 cm³/mol. The molecule has 2 aromatic rings. The van der Waals surface area contributed by atoms with Crippen molar-refractivity contribution in [2.75, 3.05) is 70.0 Å². The van der Waals surface area contributed by atoms with Gasteiger partial charge < -0.3 is 24.0 Å². The van der Waals surface area contributed by atoms with E-state index in [9.17, 15) is 4.79 Å². The van der Waals surface area contributed by atoms with E-state index in [-0.39, 0.29) is 0 Å². The number of nitrogens with one attached hydrogen (secondary N) is 1. The van der Waals surface area contributed by atoms with Crippen LogP contribution >= 0.6 is 0 Å². The number of ether oxygens (including phenoxy) is 3. The molecule has 0 spiro atoms. The summed E-state index contributed by atoms with van der Waals surface area (Å²) in [6, 6.07) is 11.9. The van der Waals surface area contributed by atoms with E-state index in [4.69, 9.17) is 14.2 Å². The Morgan fingerprint density at radius 3 is 2.65 bits per heavy atom. The molecule has 1 aliphatic heterocycles. The lowest BCUT2D eigenvalue weighted by atomic mass is 10.2. The number of aryl methyl sites for hydroxylation is 1. The van der Waals surface area contributed by atoms with Gasteiger partial charge in [0, 0.05) is 38.5 Å². The third kappa shape index (κ3) is 9.36. The molecule has 34 heavy (non-hydrogen) atoms. The summed E-state index contributed by atoms with van der Waals surface area (Å²) < 4.78 is 16.4. The number of benzene rings is 1. The van der Waals surface area contributed by atoms with Gasteiger partial charge in [0.05, 0.1) is 44.0 Å². The fourth-order valence-corrected chi connectivity index (χ4v) is 3.24. The van der Waals surface area contributed by atoms with Gasteiger partial charge in [0.1, 0.15) is 6.61 Å². The second kappa shape index (κ2) is 15.6. The van der Waals surface area contributed by atoms with Gasteiger partial charge in [-0.05, 0) is 30.7 Å². The Hall–Kier alpha value is -3.17. The highest BCUT2D eigenvalue weighted by Crippen LogP contribution is 2.22. The zero-order valence-corrected chi connectivity index (χ0v) is 20.7.